The van der Waals surface area contributed by atoms with Gasteiger partial charge in [-0.15, -0.1) is 0 Å². The van der Waals surface area contributed by atoms with E-state index in [0.717, 1.165) is 5.56 Å². The number of pyridine rings is 1. The van der Waals surface area contributed by atoms with Crippen molar-refractivity contribution in [2.24, 2.45) is 0 Å². The summed E-state index contributed by atoms with van der Waals surface area (Å²) >= 11 is 5.10. The minimum absolute atomic E-state index is 0.0756. The molecule has 0 fully saturated rings. The highest BCUT2D eigenvalue weighted by molar-refractivity contribution is 7.71. The number of nitrogens with zero attached hydrogens (tertiary/aromatic N) is 3. The predicted octanol–water partition coefficient (Wildman–Crippen LogP) is 3.74. The van der Waals surface area contributed by atoms with E-state index >= 15 is 0 Å². The highest BCUT2D eigenvalue weighted by atomic mass is 32.1. The van der Waals surface area contributed by atoms with Gasteiger partial charge in [-0.05, 0) is 37.2 Å². The van der Waals surface area contributed by atoms with Gasteiger partial charge in [-0.25, -0.2) is 0 Å². The van der Waals surface area contributed by atoms with Gasteiger partial charge in [-0.2, -0.15) is 18.3 Å². The number of halogens is 3. The quantitative estimate of drug-likeness (QED) is 0.676. The van der Waals surface area contributed by atoms with E-state index in [9.17, 15) is 13.2 Å². The van der Waals surface area contributed by atoms with Crippen LogP contribution < -0.4 is 0 Å². The minimum Gasteiger partial charge on any atom is -0.300 e. The third-order valence-electron chi connectivity index (χ3n) is 2.79. The van der Waals surface area contributed by atoms with Crippen LogP contribution in [0, 0.1) is 4.77 Å². The van der Waals surface area contributed by atoms with Gasteiger partial charge in [0.1, 0.15) is 0 Å². The summed E-state index contributed by atoms with van der Waals surface area (Å²) in [5.74, 6) is 0.615. The summed E-state index contributed by atoms with van der Waals surface area (Å²) < 4.78 is 38.4. The van der Waals surface area contributed by atoms with E-state index in [-0.39, 0.29) is 6.42 Å². The van der Waals surface area contributed by atoms with Crippen molar-refractivity contribution in [3.8, 4) is 11.4 Å². The molecule has 2 heterocycles. The molecule has 0 aliphatic carbocycles. The standard InChI is InChI=1S/C12H13F3N4S/c13-12(14,15)5-1-2-8-19-10(17-18-11(19)20)9-3-6-16-7-4-9/h3-4,6-7H,1-2,5,8H2,(H,18,20). The molecule has 8 heteroatoms. The molecule has 0 spiro atoms. The van der Waals surface area contributed by atoms with Gasteiger partial charge in [-0.1, -0.05) is 0 Å². The van der Waals surface area contributed by atoms with E-state index in [1.165, 1.54) is 0 Å². The van der Waals surface area contributed by atoms with Crippen molar-refractivity contribution in [3.05, 3.63) is 29.3 Å². The van der Waals surface area contributed by atoms with E-state index < -0.39 is 12.6 Å². The molecule has 0 amide bonds. The van der Waals surface area contributed by atoms with Gasteiger partial charge >= 0.3 is 6.18 Å². The Balaban J connectivity index is 2.05. The number of aromatic nitrogens is 4. The number of H-pyrrole nitrogens is 1. The molecule has 0 saturated heterocycles. The fraction of sp³-hybridized carbons (Fsp3) is 0.417. The Bertz CT molecular complexity index is 603. The van der Waals surface area contributed by atoms with Crippen LogP contribution in [0.1, 0.15) is 19.3 Å². The molecular formula is C12H13F3N4S. The third kappa shape index (κ3) is 3.89. The maximum absolute atomic E-state index is 12.1. The number of aromatic amines is 1. The van der Waals surface area contributed by atoms with E-state index in [1.807, 2.05) is 0 Å². The maximum Gasteiger partial charge on any atom is 0.389 e. The Labute approximate surface area is 118 Å². The van der Waals surface area contributed by atoms with Crippen molar-refractivity contribution in [1.29, 1.82) is 0 Å². The summed E-state index contributed by atoms with van der Waals surface area (Å²) in [4.78, 5) is 3.91. The third-order valence-corrected chi connectivity index (χ3v) is 3.10. The van der Waals surface area contributed by atoms with E-state index in [0.29, 0.717) is 23.6 Å². The molecule has 2 aromatic heterocycles. The lowest BCUT2D eigenvalue weighted by Crippen LogP contribution is -2.08. The average Bonchev–Trinajstić information content (AvgIpc) is 2.76. The Hall–Kier alpha value is -1.70. The van der Waals surface area contributed by atoms with E-state index in [2.05, 4.69) is 15.2 Å². The second kappa shape index (κ2) is 6.17. The van der Waals surface area contributed by atoms with Gasteiger partial charge in [0.15, 0.2) is 10.6 Å². The summed E-state index contributed by atoms with van der Waals surface area (Å²) in [6.45, 7) is 0.406. The minimum atomic E-state index is -4.11. The molecule has 0 aromatic carbocycles. The summed E-state index contributed by atoms with van der Waals surface area (Å²) in [7, 11) is 0. The SMILES string of the molecule is FC(F)(F)CCCCn1c(-c2ccncc2)n[nH]c1=S. The van der Waals surface area contributed by atoms with Crippen molar-refractivity contribution >= 4 is 12.2 Å². The van der Waals surface area contributed by atoms with Gasteiger partial charge in [0.25, 0.3) is 0 Å². The van der Waals surface area contributed by atoms with Crippen LogP contribution in [0.2, 0.25) is 0 Å². The topological polar surface area (TPSA) is 46.5 Å². The first-order chi connectivity index (χ1) is 9.47. The van der Waals surface area contributed by atoms with E-state index in [1.54, 1.807) is 29.1 Å². The monoisotopic (exact) mass is 302 g/mol. The molecule has 1 N–H and O–H groups in total. The van der Waals surface area contributed by atoms with Gasteiger partial charge in [-0.3, -0.25) is 10.1 Å². The first-order valence-electron chi connectivity index (χ1n) is 6.10. The molecule has 20 heavy (non-hydrogen) atoms. The fourth-order valence-corrected chi connectivity index (χ4v) is 2.07. The van der Waals surface area contributed by atoms with Gasteiger partial charge in [0, 0.05) is 30.9 Å². The van der Waals surface area contributed by atoms with Gasteiger partial charge in [0.2, 0.25) is 0 Å². The Morgan fingerprint density at radius 2 is 1.90 bits per heavy atom. The Morgan fingerprint density at radius 3 is 2.55 bits per heavy atom. The zero-order chi connectivity index (χ0) is 14.6. The lowest BCUT2D eigenvalue weighted by atomic mass is 10.2. The van der Waals surface area contributed by atoms with Crippen LogP contribution in [-0.2, 0) is 6.54 Å². The Morgan fingerprint density at radius 1 is 1.20 bits per heavy atom. The number of rotatable bonds is 5. The molecule has 2 rings (SSSR count). The predicted molar refractivity (Wildman–Crippen MR) is 70.5 cm³/mol. The lowest BCUT2D eigenvalue weighted by molar-refractivity contribution is -0.135. The fourth-order valence-electron chi connectivity index (χ4n) is 1.84. The van der Waals surface area contributed by atoms with Crippen LogP contribution in [0.5, 0.6) is 0 Å². The first-order valence-corrected chi connectivity index (χ1v) is 6.50. The van der Waals surface area contributed by atoms with Gasteiger partial charge in [0.05, 0.1) is 0 Å². The number of alkyl halides is 3. The number of nitrogens with one attached hydrogen (secondary N) is 1. The summed E-state index contributed by atoms with van der Waals surface area (Å²) in [6.07, 6.45) is -1.16. The Kier molecular flexibility index (Phi) is 4.53. The summed E-state index contributed by atoms with van der Waals surface area (Å²) in [6, 6.07) is 3.55. The molecule has 2 aromatic rings. The van der Waals surface area contributed by atoms with Gasteiger partial charge < -0.3 is 4.57 Å². The largest absolute Gasteiger partial charge is 0.389 e. The summed E-state index contributed by atoms with van der Waals surface area (Å²) in [5.41, 5.74) is 0.822. The van der Waals surface area contributed by atoms with Crippen LogP contribution in [-0.4, -0.2) is 25.9 Å². The summed E-state index contributed by atoms with van der Waals surface area (Å²) in [5, 5.41) is 6.78. The van der Waals surface area contributed by atoms with Crippen LogP contribution >= 0.6 is 12.2 Å². The van der Waals surface area contributed by atoms with Crippen molar-refractivity contribution < 1.29 is 13.2 Å². The van der Waals surface area contributed by atoms with Crippen LogP contribution in [0.15, 0.2) is 24.5 Å². The molecule has 0 aliphatic heterocycles. The zero-order valence-electron chi connectivity index (χ0n) is 10.5. The van der Waals surface area contributed by atoms with Crippen LogP contribution in [0.3, 0.4) is 0 Å². The maximum atomic E-state index is 12.1. The lowest BCUT2D eigenvalue weighted by Gasteiger charge is -2.08. The molecular weight excluding hydrogens is 289 g/mol. The highest BCUT2D eigenvalue weighted by Gasteiger charge is 2.25. The first kappa shape index (κ1) is 14.7. The second-order valence-corrected chi connectivity index (χ2v) is 4.70. The van der Waals surface area contributed by atoms with Crippen LogP contribution in [0.4, 0.5) is 13.2 Å². The van der Waals surface area contributed by atoms with Crippen molar-refractivity contribution in [2.45, 2.75) is 32.0 Å². The zero-order valence-corrected chi connectivity index (χ0v) is 11.3. The number of hydrogen-bond acceptors (Lipinski definition) is 3. The number of hydrogen-bond donors (Lipinski definition) is 1. The molecule has 4 nitrogen and oxygen atoms in total. The molecule has 0 saturated carbocycles. The molecule has 0 atom stereocenters. The molecule has 0 bridgehead atoms. The molecule has 0 aliphatic rings. The number of unbranched alkanes of at least 4 members (excludes halogenated alkanes) is 1. The molecule has 108 valence electrons. The molecule has 0 radical (unpaired) electrons. The van der Waals surface area contributed by atoms with Crippen LogP contribution in [0.25, 0.3) is 11.4 Å². The van der Waals surface area contributed by atoms with Crippen molar-refractivity contribution in [2.75, 3.05) is 0 Å². The smallest absolute Gasteiger partial charge is 0.300 e. The molecule has 0 unspecified atom stereocenters. The van der Waals surface area contributed by atoms with Crippen molar-refractivity contribution in [1.82, 2.24) is 19.7 Å². The average molecular weight is 302 g/mol. The second-order valence-electron chi connectivity index (χ2n) is 4.31. The van der Waals surface area contributed by atoms with Crippen molar-refractivity contribution in [3.63, 3.8) is 0 Å². The normalized spacial score (nSPS) is 11.8. The highest BCUT2D eigenvalue weighted by Crippen LogP contribution is 2.23. The van der Waals surface area contributed by atoms with E-state index in [4.69, 9.17) is 12.2 Å².